The van der Waals surface area contributed by atoms with Crippen LogP contribution in [0, 0.1) is 0 Å². The first-order chi connectivity index (χ1) is 11.3. The van der Waals surface area contributed by atoms with Crippen molar-refractivity contribution in [3.8, 4) is 0 Å². The van der Waals surface area contributed by atoms with Gasteiger partial charge in [-0.3, -0.25) is 14.5 Å². The highest BCUT2D eigenvalue weighted by molar-refractivity contribution is 7.92. The molecular weight excluding hydrogens is 334 g/mol. The fourth-order valence-electron chi connectivity index (χ4n) is 2.18. The zero-order valence-corrected chi connectivity index (χ0v) is 13.3. The third-order valence-corrected chi connectivity index (χ3v) is 4.51. The van der Waals surface area contributed by atoms with Crippen molar-refractivity contribution in [3.63, 3.8) is 0 Å². The van der Waals surface area contributed by atoms with Gasteiger partial charge >= 0.3 is 5.76 Å². The Labute approximate surface area is 136 Å². The second-order valence-corrected chi connectivity index (χ2v) is 6.72. The number of H-pyrrole nitrogens is 1. The number of carbonyl (C=O) groups excluding carboxylic acids is 1. The number of fused-ring (bicyclic) bond motifs is 1. The van der Waals surface area contributed by atoms with Crippen molar-refractivity contribution in [1.82, 2.24) is 4.98 Å². The molecule has 0 aliphatic rings. The molecule has 1 heterocycles. The molecule has 0 aliphatic carbocycles. The van der Waals surface area contributed by atoms with Crippen LogP contribution >= 0.6 is 0 Å². The highest BCUT2D eigenvalue weighted by Gasteiger charge is 2.16. The predicted octanol–water partition coefficient (Wildman–Crippen LogP) is 1.88. The van der Waals surface area contributed by atoms with E-state index < -0.39 is 15.8 Å². The van der Waals surface area contributed by atoms with Crippen molar-refractivity contribution in [2.45, 2.75) is 11.8 Å². The van der Waals surface area contributed by atoms with E-state index >= 15 is 0 Å². The molecule has 0 unspecified atom stereocenters. The number of aromatic nitrogens is 1. The van der Waals surface area contributed by atoms with Crippen LogP contribution in [0.3, 0.4) is 0 Å². The number of rotatable bonds is 4. The summed E-state index contributed by atoms with van der Waals surface area (Å²) in [6, 6.07) is 10.3. The Morgan fingerprint density at radius 2 is 1.88 bits per heavy atom. The van der Waals surface area contributed by atoms with Crippen LogP contribution in [0.25, 0.3) is 11.1 Å². The van der Waals surface area contributed by atoms with Gasteiger partial charge in [-0.1, -0.05) is 6.07 Å². The molecule has 8 nitrogen and oxygen atoms in total. The average molecular weight is 347 g/mol. The molecule has 24 heavy (non-hydrogen) atoms. The number of aromatic amines is 1. The molecular formula is C15H13N3O5S. The summed E-state index contributed by atoms with van der Waals surface area (Å²) < 4.78 is 32.2. The van der Waals surface area contributed by atoms with Gasteiger partial charge in [-0.15, -0.1) is 0 Å². The molecule has 0 aliphatic heterocycles. The minimum atomic E-state index is -3.87. The topological polar surface area (TPSA) is 121 Å². The first-order valence-corrected chi connectivity index (χ1v) is 8.35. The highest BCUT2D eigenvalue weighted by Crippen LogP contribution is 2.21. The fourth-order valence-corrected chi connectivity index (χ4v) is 3.25. The number of anilines is 2. The van der Waals surface area contributed by atoms with E-state index in [4.69, 9.17) is 4.42 Å². The van der Waals surface area contributed by atoms with Gasteiger partial charge in [0.2, 0.25) is 5.91 Å². The number of sulfonamides is 1. The van der Waals surface area contributed by atoms with E-state index in [2.05, 4.69) is 15.0 Å². The lowest BCUT2D eigenvalue weighted by Crippen LogP contribution is -2.13. The minimum Gasteiger partial charge on any atom is -0.408 e. The van der Waals surface area contributed by atoms with E-state index in [-0.39, 0.29) is 21.9 Å². The van der Waals surface area contributed by atoms with Gasteiger partial charge < -0.3 is 9.73 Å². The normalized spacial score (nSPS) is 11.4. The maximum absolute atomic E-state index is 12.5. The number of carbonyl (C=O) groups is 1. The molecule has 3 N–H and O–H groups in total. The van der Waals surface area contributed by atoms with Crippen LogP contribution in [0.4, 0.5) is 11.4 Å². The summed E-state index contributed by atoms with van der Waals surface area (Å²) in [5, 5.41) is 2.57. The highest BCUT2D eigenvalue weighted by atomic mass is 32.2. The van der Waals surface area contributed by atoms with Crippen LogP contribution in [0.5, 0.6) is 0 Å². The van der Waals surface area contributed by atoms with Gasteiger partial charge in [-0.25, -0.2) is 13.2 Å². The smallest absolute Gasteiger partial charge is 0.408 e. The Morgan fingerprint density at radius 1 is 1.12 bits per heavy atom. The largest absolute Gasteiger partial charge is 0.417 e. The minimum absolute atomic E-state index is 0.0306. The molecule has 0 saturated heterocycles. The number of oxazole rings is 1. The second-order valence-electron chi connectivity index (χ2n) is 5.04. The maximum Gasteiger partial charge on any atom is 0.417 e. The Morgan fingerprint density at radius 3 is 2.62 bits per heavy atom. The fraction of sp³-hybridized carbons (Fsp3) is 0.0667. The van der Waals surface area contributed by atoms with Crippen LogP contribution < -0.4 is 15.8 Å². The summed E-state index contributed by atoms with van der Waals surface area (Å²) >= 11 is 0. The molecule has 3 rings (SSSR count). The molecule has 3 aromatic rings. The summed E-state index contributed by atoms with van der Waals surface area (Å²) in [5.41, 5.74) is 1.32. The Kier molecular flexibility index (Phi) is 3.86. The molecule has 0 radical (unpaired) electrons. The SMILES string of the molecule is CC(=O)Nc1cccc(NS(=O)(=O)c2ccc3oc(=O)[nH]c3c2)c1. The molecule has 0 saturated carbocycles. The van der Waals surface area contributed by atoms with Crippen LogP contribution in [0.15, 0.2) is 56.6 Å². The molecule has 2 aromatic carbocycles. The molecule has 124 valence electrons. The average Bonchev–Trinajstić information content (AvgIpc) is 2.85. The predicted molar refractivity (Wildman–Crippen MR) is 88.4 cm³/mol. The van der Waals surface area contributed by atoms with Crippen LogP contribution in [-0.2, 0) is 14.8 Å². The van der Waals surface area contributed by atoms with Crippen LogP contribution in [0.1, 0.15) is 6.92 Å². The molecule has 0 atom stereocenters. The summed E-state index contributed by atoms with van der Waals surface area (Å²) in [4.78, 5) is 24.6. The molecule has 1 amide bonds. The standard InChI is InChI=1S/C15H13N3O5S/c1-9(19)16-10-3-2-4-11(7-10)18-24(21,22)12-5-6-14-13(8-12)17-15(20)23-14/h2-8,18H,1H3,(H,16,19)(H,17,20). The van der Waals surface area contributed by atoms with Crippen molar-refractivity contribution in [2.24, 2.45) is 0 Å². The van der Waals surface area contributed by atoms with Gasteiger partial charge in [0.15, 0.2) is 5.58 Å². The molecule has 0 spiro atoms. The van der Waals surface area contributed by atoms with Crippen molar-refractivity contribution in [2.75, 3.05) is 10.0 Å². The summed E-state index contributed by atoms with van der Waals surface area (Å²) in [5.74, 6) is -0.917. The lowest BCUT2D eigenvalue weighted by molar-refractivity contribution is -0.114. The number of hydrogen-bond donors (Lipinski definition) is 3. The van der Waals surface area contributed by atoms with Gasteiger partial charge in [-0.05, 0) is 36.4 Å². The quantitative estimate of drug-likeness (QED) is 0.665. The molecule has 0 bridgehead atoms. The Hall–Kier alpha value is -3.07. The zero-order valence-electron chi connectivity index (χ0n) is 12.5. The van der Waals surface area contributed by atoms with E-state index in [0.29, 0.717) is 11.4 Å². The number of amides is 1. The van der Waals surface area contributed by atoms with Gasteiger partial charge in [0, 0.05) is 12.6 Å². The lowest BCUT2D eigenvalue weighted by atomic mass is 10.3. The summed E-state index contributed by atoms with van der Waals surface area (Å²) in [7, 11) is -3.87. The van der Waals surface area contributed by atoms with Crippen molar-refractivity contribution < 1.29 is 17.6 Å². The van der Waals surface area contributed by atoms with Gasteiger partial charge in [-0.2, -0.15) is 0 Å². The number of hydrogen-bond acceptors (Lipinski definition) is 5. The first-order valence-electron chi connectivity index (χ1n) is 6.87. The van der Waals surface area contributed by atoms with E-state index in [9.17, 15) is 18.0 Å². The van der Waals surface area contributed by atoms with E-state index in [0.717, 1.165) is 0 Å². The van der Waals surface area contributed by atoms with Crippen molar-refractivity contribution in [1.29, 1.82) is 0 Å². The number of benzene rings is 2. The Bertz CT molecular complexity index is 1080. The Balaban J connectivity index is 1.92. The zero-order chi connectivity index (χ0) is 17.3. The monoisotopic (exact) mass is 347 g/mol. The van der Waals surface area contributed by atoms with Gasteiger partial charge in [0.1, 0.15) is 0 Å². The molecule has 1 aromatic heterocycles. The van der Waals surface area contributed by atoms with E-state index in [1.165, 1.54) is 31.2 Å². The van der Waals surface area contributed by atoms with Crippen LogP contribution in [0.2, 0.25) is 0 Å². The van der Waals surface area contributed by atoms with Crippen molar-refractivity contribution in [3.05, 3.63) is 53.0 Å². The molecule has 9 heteroatoms. The third kappa shape index (κ3) is 3.30. The van der Waals surface area contributed by atoms with Gasteiger partial charge in [0.25, 0.3) is 10.0 Å². The maximum atomic E-state index is 12.5. The van der Waals surface area contributed by atoms with Crippen LogP contribution in [-0.4, -0.2) is 19.3 Å². The van der Waals surface area contributed by atoms with Gasteiger partial charge in [0.05, 0.1) is 16.1 Å². The first kappa shape index (κ1) is 15.8. The number of nitrogens with one attached hydrogen (secondary N) is 3. The van der Waals surface area contributed by atoms with E-state index in [1.54, 1.807) is 18.2 Å². The summed E-state index contributed by atoms with van der Waals surface area (Å²) in [6.45, 7) is 1.36. The lowest BCUT2D eigenvalue weighted by Gasteiger charge is -2.09. The third-order valence-electron chi connectivity index (χ3n) is 3.14. The van der Waals surface area contributed by atoms with Crippen molar-refractivity contribution >= 4 is 38.4 Å². The summed E-state index contributed by atoms with van der Waals surface area (Å²) in [6.07, 6.45) is 0. The van der Waals surface area contributed by atoms with E-state index in [1.807, 2.05) is 0 Å². The second kappa shape index (κ2) is 5.85. The molecule has 0 fully saturated rings.